The molecule has 0 aromatic heterocycles. The Bertz CT molecular complexity index is 1340. The second kappa shape index (κ2) is 10.1. The summed E-state index contributed by atoms with van der Waals surface area (Å²) in [5.41, 5.74) is 0.923. The van der Waals surface area contributed by atoms with Crippen LogP contribution in [0.4, 0.5) is 5.69 Å². The van der Waals surface area contributed by atoms with E-state index in [9.17, 15) is 14.4 Å². The van der Waals surface area contributed by atoms with Gasteiger partial charge in [-0.15, -0.1) is 0 Å². The van der Waals surface area contributed by atoms with E-state index in [1.54, 1.807) is 4.90 Å². The number of nitrogens with zero attached hydrogens (tertiary/aromatic N) is 4. The lowest BCUT2D eigenvalue weighted by molar-refractivity contribution is -0.141. The SMILES string of the molecule is O=C(CN1CN(c2ccccc2)C2(CCN(C(=O)c3cccc4ccccc34)CC2)C1=O)N1CCCCC1. The van der Waals surface area contributed by atoms with Gasteiger partial charge in [-0.2, -0.15) is 0 Å². The Morgan fingerprint density at radius 1 is 0.737 bits per heavy atom. The summed E-state index contributed by atoms with van der Waals surface area (Å²) in [6, 6.07) is 23.8. The molecule has 0 atom stereocenters. The summed E-state index contributed by atoms with van der Waals surface area (Å²) in [5, 5.41) is 1.99. The molecule has 3 saturated heterocycles. The lowest BCUT2D eigenvalue weighted by Gasteiger charge is -2.43. The van der Waals surface area contributed by atoms with E-state index in [0.29, 0.717) is 38.2 Å². The van der Waals surface area contributed by atoms with Crippen molar-refractivity contribution in [3.8, 4) is 0 Å². The van der Waals surface area contributed by atoms with E-state index in [1.807, 2.05) is 82.6 Å². The molecule has 3 amide bonds. The van der Waals surface area contributed by atoms with Crippen LogP contribution in [0.5, 0.6) is 0 Å². The number of hydrogen-bond donors (Lipinski definition) is 0. The molecule has 1 spiro atoms. The molecule has 3 heterocycles. The second-order valence-electron chi connectivity index (χ2n) is 10.7. The predicted molar refractivity (Wildman–Crippen MR) is 148 cm³/mol. The number of benzene rings is 3. The van der Waals surface area contributed by atoms with Crippen molar-refractivity contribution in [1.29, 1.82) is 0 Å². The van der Waals surface area contributed by atoms with Crippen molar-refractivity contribution in [3.63, 3.8) is 0 Å². The molecule has 0 bridgehead atoms. The number of rotatable bonds is 4. The van der Waals surface area contributed by atoms with Crippen LogP contribution in [0.25, 0.3) is 10.8 Å². The minimum atomic E-state index is -0.751. The van der Waals surface area contributed by atoms with Gasteiger partial charge in [0.1, 0.15) is 12.1 Å². The zero-order valence-corrected chi connectivity index (χ0v) is 21.7. The molecule has 7 nitrogen and oxygen atoms in total. The minimum absolute atomic E-state index is 0.00368. The molecule has 0 radical (unpaired) electrons. The molecule has 0 saturated carbocycles. The highest BCUT2D eigenvalue weighted by Crippen LogP contribution is 2.40. The highest BCUT2D eigenvalue weighted by Gasteiger charge is 2.54. The summed E-state index contributed by atoms with van der Waals surface area (Å²) in [4.78, 5) is 48.4. The number of fused-ring (bicyclic) bond motifs is 1. The van der Waals surface area contributed by atoms with E-state index < -0.39 is 5.54 Å². The first-order chi connectivity index (χ1) is 18.6. The van der Waals surface area contributed by atoms with Crippen molar-refractivity contribution < 1.29 is 14.4 Å². The fourth-order valence-electron chi connectivity index (χ4n) is 6.39. The van der Waals surface area contributed by atoms with Crippen molar-refractivity contribution >= 4 is 34.2 Å². The molecule has 6 rings (SSSR count). The van der Waals surface area contributed by atoms with E-state index in [0.717, 1.165) is 48.8 Å². The monoisotopic (exact) mass is 510 g/mol. The predicted octanol–water partition coefficient (Wildman–Crippen LogP) is 4.13. The molecule has 0 aliphatic carbocycles. The van der Waals surface area contributed by atoms with Crippen LogP contribution < -0.4 is 4.90 Å². The maximum atomic E-state index is 14.0. The quantitative estimate of drug-likeness (QED) is 0.530. The van der Waals surface area contributed by atoms with Crippen LogP contribution in [0.2, 0.25) is 0 Å². The lowest BCUT2D eigenvalue weighted by Crippen LogP contribution is -2.57. The van der Waals surface area contributed by atoms with Crippen molar-refractivity contribution in [2.45, 2.75) is 37.6 Å². The zero-order chi connectivity index (χ0) is 26.1. The van der Waals surface area contributed by atoms with Gasteiger partial charge in [0.15, 0.2) is 0 Å². The molecular weight excluding hydrogens is 476 g/mol. The first-order valence-corrected chi connectivity index (χ1v) is 13.7. The Kier molecular flexibility index (Phi) is 6.52. The van der Waals surface area contributed by atoms with Crippen LogP contribution in [0.3, 0.4) is 0 Å². The number of piperidine rings is 2. The molecule has 7 heteroatoms. The van der Waals surface area contributed by atoms with Crippen molar-refractivity contribution in [3.05, 3.63) is 78.4 Å². The van der Waals surface area contributed by atoms with Gasteiger partial charge in [0.25, 0.3) is 11.8 Å². The smallest absolute Gasteiger partial charge is 0.254 e. The summed E-state index contributed by atoms with van der Waals surface area (Å²) in [5.74, 6) is 0.0427. The molecule has 196 valence electrons. The molecular formula is C31H34N4O3. The highest BCUT2D eigenvalue weighted by atomic mass is 16.2. The summed E-state index contributed by atoms with van der Waals surface area (Å²) in [7, 11) is 0. The topological polar surface area (TPSA) is 64.2 Å². The Balaban J connectivity index is 1.23. The number of anilines is 1. The van der Waals surface area contributed by atoms with Gasteiger partial charge in [-0.25, -0.2) is 0 Å². The fraction of sp³-hybridized carbons (Fsp3) is 0.387. The lowest BCUT2D eigenvalue weighted by atomic mass is 9.85. The molecule has 3 aromatic carbocycles. The van der Waals surface area contributed by atoms with E-state index in [4.69, 9.17) is 0 Å². The molecule has 3 fully saturated rings. The number of para-hydroxylation sites is 1. The van der Waals surface area contributed by atoms with Gasteiger partial charge < -0.3 is 19.6 Å². The van der Waals surface area contributed by atoms with Crippen LogP contribution in [-0.2, 0) is 9.59 Å². The Morgan fingerprint density at radius 3 is 2.18 bits per heavy atom. The van der Waals surface area contributed by atoms with Gasteiger partial charge >= 0.3 is 0 Å². The second-order valence-corrected chi connectivity index (χ2v) is 10.7. The largest absolute Gasteiger partial charge is 0.341 e. The fourth-order valence-corrected chi connectivity index (χ4v) is 6.39. The molecule has 3 aliphatic rings. The maximum absolute atomic E-state index is 14.0. The van der Waals surface area contributed by atoms with Gasteiger partial charge in [-0.3, -0.25) is 14.4 Å². The Hall–Kier alpha value is -3.87. The number of carbonyl (C=O) groups excluding carboxylic acids is 3. The van der Waals surface area contributed by atoms with Gasteiger partial charge in [0.05, 0.1) is 6.67 Å². The summed E-state index contributed by atoms with van der Waals surface area (Å²) >= 11 is 0. The van der Waals surface area contributed by atoms with Gasteiger partial charge in [0.2, 0.25) is 5.91 Å². The molecule has 3 aliphatic heterocycles. The molecule has 38 heavy (non-hydrogen) atoms. The van der Waals surface area contributed by atoms with E-state index in [-0.39, 0.29) is 24.3 Å². The summed E-state index contributed by atoms with van der Waals surface area (Å²) in [6.45, 7) is 3.04. The first kappa shape index (κ1) is 24.5. The van der Waals surface area contributed by atoms with Crippen LogP contribution in [0, 0.1) is 0 Å². The van der Waals surface area contributed by atoms with Crippen LogP contribution in [0.15, 0.2) is 72.8 Å². The van der Waals surface area contributed by atoms with Crippen molar-refractivity contribution in [2.75, 3.05) is 44.3 Å². The first-order valence-electron chi connectivity index (χ1n) is 13.7. The van der Waals surface area contributed by atoms with Gasteiger partial charge in [-0.05, 0) is 61.1 Å². The van der Waals surface area contributed by atoms with Crippen LogP contribution >= 0.6 is 0 Å². The van der Waals surface area contributed by atoms with E-state index in [1.165, 1.54) is 0 Å². The summed E-state index contributed by atoms with van der Waals surface area (Å²) < 4.78 is 0. The number of amides is 3. The van der Waals surface area contributed by atoms with Crippen LogP contribution in [0.1, 0.15) is 42.5 Å². The Morgan fingerprint density at radius 2 is 1.42 bits per heavy atom. The van der Waals surface area contributed by atoms with E-state index >= 15 is 0 Å². The highest BCUT2D eigenvalue weighted by molar-refractivity contribution is 6.07. The third-order valence-corrected chi connectivity index (χ3v) is 8.51. The minimum Gasteiger partial charge on any atom is -0.341 e. The van der Waals surface area contributed by atoms with Gasteiger partial charge in [-0.1, -0.05) is 54.6 Å². The standard InChI is InChI=1S/C31H34N4O3/c36-28(32-18-7-2-8-19-32)22-34-23-35(25-12-3-1-4-13-25)31(30(34)38)16-20-33(21-17-31)29(37)27-15-9-11-24-10-5-6-14-26(24)27/h1,3-6,9-15H,2,7-8,16-23H2. The number of likely N-dealkylation sites (tertiary alicyclic amines) is 2. The van der Waals surface area contributed by atoms with Crippen molar-refractivity contribution in [2.24, 2.45) is 0 Å². The average molecular weight is 511 g/mol. The zero-order valence-electron chi connectivity index (χ0n) is 21.7. The maximum Gasteiger partial charge on any atom is 0.254 e. The summed E-state index contributed by atoms with van der Waals surface area (Å²) in [6.07, 6.45) is 4.28. The third kappa shape index (κ3) is 4.30. The normalized spacial score (nSPS) is 19.4. The van der Waals surface area contributed by atoms with Crippen molar-refractivity contribution in [1.82, 2.24) is 14.7 Å². The molecule has 3 aromatic rings. The molecule has 0 N–H and O–H groups in total. The molecule has 0 unspecified atom stereocenters. The number of carbonyl (C=O) groups is 3. The Labute approximate surface area is 223 Å². The van der Waals surface area contributed by atoms with E-state index in [2.05, 4.69) is 4.90 Å². The average Bonchev–Trinajstić information content (AvgIpc) is 3.24. The third-order valence-electron chi connectivity index (χ3n) is 8.51. The van der Waals surface area contributed by atoms with Crippen LogP contribution in [-0.4, -0.2) is 77.4 Å². The number of hydrogen-bond acceptors (Lipinski definition) is 4. The van der Waals surface area contributed by atoms with Gasteiger partial charge in [0, 0.05) is 37.4 Å².